The summed E-state index contributed by atoms with van der Waals surface area (Å²) in [5.74, 6) is -1.10. The molecule has 4 rings (SSSR count). The van der Waals surface area contributed by atoms with Crippen LogP contribution in [0.2, 0.25) is 0 Å². The average Bonchev–Trinajstić information content (AvgIpc) is 3.20. The van der Waals surface area contributed by atoms with Gasteiger partial charge in [0.05, 0.1) is 29.8 Å². The van der Waals surface area contributed by atoms with E-state index in [1.54, 1.807) is 22.8 Å². The van der Waals surface area contributed by atoms with E-state index in [1.165, 1.54) is 17.9 Å². The van der Waals surface area contributed by atoms with Gasteiger partial charge in [-0.1, -0.05) is 6.07 Å². The summed E-state index contributed by atoms with van der Waals surface area (Å²) in [6.07, 6.45) is -4.01. The summed E-state index contributed by atoms with van der Waals surface area (Å²) >= 11 is 0. The SMILES string of the molecule is CC(=O)OCCC(C)n1c(NC(=O)c2cccc(C(F)(F)F)c2)nc2cc(N3CCCOC3=O)ccc21. The van der Waals surface area contributed by atoms with E-state index in [9.17, 15) is 27.6 Å². The number of hydrogen-bond acceptors (Lipinski definition) is 6. The van der Waals surface area contributed by atoms with Crippen molar-refractivity contribution in [2.24, 2.45) is 0 Å². The number of rotatable bonds is 7. The molecular formula is C25H25F3N4O5. The third kappa shape index (κ3) is 5.84. The highest BCUT2D eigenvalue weighted by molar-refractivity contribution is 6.04. The van der Waals surface area contributed by atoms with Crippen LogP contribution in [0.4, 0.5) is 29.6 Å². The Morgan fingerprint density at radius 2 is 2.00 bits per heavy atom. The van der Waals surface area contributed by atoms with Gasteiger partial charge < -0.3 is 14.0 Å². The van der Waals surface area contributed by atoms with Crippen LogP contribution in [0.5, 0.6) is 0 Å². The highest BCUT2D eigenvalue weighted by Crippen LogP contribution is 2.32. The largest absolute Gasteiger partial charge is 0.466 e. The van der Waals surface area contributed by atoms with Crippen LogP contribution in [0.25, 0.3) is 11.0 Å². The monoisotopic (exact) mass is 518 g/mol. The molecule has 37 heavy (non-hydrogen) atoms. The molecule has 12 heteroatoms. The van der Waals surface area contributed by atoms with E-state index in [2.05, 4.69) is 10.3 Å². The molecule has 1 aromatic heterocycles. The van der Waals surface area contributed by atoms with E-state index in [1.807, 2.05) is 6.92 Å². The van der Waals surface area contributed by atoms with E-state index >= 15 is 0 Å². The maximum absolute atomic E-state index is 13.1. The zero-order valence-corrected chi connectivity index (χ0v) is 20.2. The van der Waals surface area contributed by atoms with Gasteiger partial charge in [0.25, 0.3) is 5.91 Å². The van der Waals surface area contributed by atoms with E-state index in [0.29, 0.717) is 42.7 Å². The molecule has 1 atom stereocenters. The minimum Gasteiger partial charge on any atom is -0.466 e. The first kappa shape index (κ1) is 26.0. The number of ether oxygens (including phenoxy) is 2. The van der Waals surface area contributed by atoms with Crippen LogP contribution >= 0.6 is 0 Å². The molecule has 196 valence electrons. The Labute approximate surface area is 210 Å². The summed E-state index contributed by atoms with van der Waals surface area (Å²) < 4.78 is 51.3. The molecule has 2 heterocycles. The molecule has 3 aromatic rings. The Hall–Kier alpha value is -4.09. The molecule has 2 amide bonds. The standard InChI is InChI=1S/C25H25F3N4O5/c1-15(9-12-36-16(2)33)32-21-8-7-19(31-10-4-11-37-24(31)35)14-20(21)29-23(32)30-22(34)17-5-3-6-18(13-17)25(26,27)28/h3,5-8,13-15H,4,9-12H2,1-2H3,(H,29,30,34). The molecule has 0 aliphatic carbocycles. The molecular weight excluding hydrogens is 493 g/mol. The highest BCUT2D eigenvalue weighted by Gasteiger charge is 2.31. The fourth-order valence-corrected chi connectivity index (χ4v) is 4.09. The summed E-state index contributed by atoms with van der Waals surface area (Å²) in [5, 5.41) is 2.62. The van der Waals surface area contributed by atoms with Crippen molar-refractivity contribution in [3.05, 3.63) is 53.6 Å². The number of amides is 2. The Morgan fingerprint density at radius 1 is 1.22 bits per heavy atom. The lowest BCUT2D eigenvalue weighted by Crippen LogP contribution is -2.37. The lowest BCUT2D eigenvalue weighted by Gasteiger charge is -2.26. The quantitative estimate of drug-likeness (QED) is 0.433. The Bertz CT molecular complexity index is 1340. The normalized spacial score (nSPS) is 14.8. The molecule has 9 nitrogen and oxygen atoms in total. The molecule has 0 spiro atoms. The first-order valence-corrected chi connectivity index (χ1v) is 11.6. The number of hydrogen-bond donors (Lipinski definition) is 1. The van der Waals surface area contributed by atoms with Gasteiger partial charge in [0.2, 0.25) is 5.95 Å². The lowest BCUT2D eigenvalue weighted by atomic mass is 10.1. The van der Waals surface area contributed by atoms with Crippen LogP contribution in [-0.2, 0) is 20.4 Å². The number of esters is 1. The molecule has 1 N–H and O–H groups in total. The molecule has 1 saturated heterocycles. The van der Waals surface area contributed by atoms with Crippen molar-refractivity contribution in [1.29, 1.82) is 0 Å². The number of nitrogens with one attached hydrogen (secondary N) is 1. The van der Waals surface area contributed by atoms with Crippen LogP contribution in [0.3, 0.4) is 0 Å². The predicted octanol–water partition coefficient (Wildman–Crippen LogP) is 5.17. The van der Waals surface area contributed by atoms with Crippen molar-refractivity contribution in [3.8, 4) is 0 Å². The Kier molecular flexibility index (Phi) is 7.37. The van der Waals surface area contributed by atoms with Gasteiger partial charge in [-0.15, -0.1) is 0 Å². The molecule has 1 unspecified atom stereocenters. The number of cyclic esters (lactones) is 1. The second kappa shape index (κ2) is 10.5. The number of alkyl halides is 3. The summed E-state index contributed by atoms with van der Waals surface area (Å²) in [4.78, 5) is 42.3. The topological polar surface area (TPSA) is 103 Å². The Balaban J connectivity index is 1.69. The number of carbonyl (C=O) groups excluding carboxylic acids is 3. The van der Waals surface area contributed by atoms with Crippen LogP contribution in [-0.4, -0.2) is 47.3 Å². The van der Waals surface area contributed by atoms with E-state index in [0.717, 1.165) is 18.2 Å². The predicted molar refractivity (Wildman–Crippen MR) is 128 cm³/mol. The van der Waals surface area contributed by atoms with Crippen molar-refractivity contribution in [2.45, 2.75) is 38.9 Å². The number of benzene rings is 2. The first-order valence-electron chi connectivity index (χ1n) is 11.6. The summed E-state index contributed by atoms with van der Waals surface area (Å²) in [7, 11) is 0. The van der Waals surface area contributed by atoms with Gasteiger partial charge in [0.1, 0.15) is 0 Å². The summed E-state index contributed by atoms with van der Waals surface area (Å²) in [5.41, 5.74) is 0.503. The fraction of sp³-hybridized carbons (Fsp3) is 0.360. The molecule has 2 aromatic carbocycles. The minimum absolute atomic E-state index is 0.103. The van der Waals surface area contributed by atoms with Gasteiger partial charge in [-0.2, -0.15) is 13.2 Å². The molecule has 0 radical (unpaired) electrons. The van der Waals surface area contributed by atoms with Gasteiger partial charge in [-0.25, -0.2) is 9.78 Å². The van der Waals surface area contributed by atoms with Gasteiger partial charge >= 0.3 is 18.2 Å². The summed E-state index contributed by atoms with van der Waals surface area (Å²) in [6, 6.07) is 8.92. The number of halogens is 3. The number of carbonyl (C=O) groups is 3. The van der Waals surface area contributed by atoms with E-state index in [-0.39, 0.29) is 24.2 Å². The molecule has 1 aliphatic rings. The van der Waals surface area contributed by atoms with Crippen LogP contribution in [0, 0.1) is 0 Å². The van der Waals surface area contributed by atoms with Gasteiger partial charge in [0, 0.05) is 37.2 Å². The van der Waals surface area contributed by atoms with E-state index in [4.69, 9.17) is 9.47 Å². The van der Waals surface area contributed by atoms with Crippen LogP contribution in [0.15, 0.2) is 42.5 Å². The van der Waals surface area contributed by atoms with Crippen LogP contribution < -0.4 is 10.2 Å². The van der Waals surface area contributed by atoms with Gasteiger partial charge in [-0.3, -0.25) is 19.8 Å². The summed E-state index contributed by atoms with van der Waals surface area (Å²) in [6.45, 7) is 4.07. The van der Waals surface area contributed by atoms with Crippen molar-refractivity contribution >= 4 is 40.6 Å². The average molecular weight is 518 g/mol. The van der Waals surface area contributed by atoms with Crippen molar-refractivity contribution in [1.82, 2.24) is 9.55 Å². The lowest BCUT2D eigenvalue weighted by molar-refractivity contribution is -0.141. The Morgan fingerprint density at radius 3 is 2.70 bits per heavy atom. The highest BCUT2D eigenvalue weighted by atomic mass is 19.4. The van der Waals surface area contributed by atoms with Gasteiger partial charge in [-0.05, 0) is 49.7 Å². The number of fused-ring (bicyclic) bond motifs is 1. The smallest absolute Gasteiger partial charge is 0.416 e. The zero-order chi connectivity index (χ0) is 26.7. The van der Waals surface area contributed by atoms with E-state index < -0.39 is 29.7 Å². The van der Waals surface area contributed by atoms with Gasteiger partial charge in [0.15, 0.2) is 0 Å². The third-order valence-electron chi connectivity index (χ3n) is 5.92. The number of anilines is 2. The number of aromatic nitrogens is 2. The number of imidazole rings is 1. The fourth-order valence-electron chi connectivity index (χ4n) is 4.09. The maximum Gasteiger partial charge on any atom is 0.416 e. The zero-order valence-electron chi connectivity index (χ0n) is 20.2. The third-order valence-corrected chi connectivity index (χ3v) is 5.92. The molecule has 0 bridgehead atoms. The maximum atomic E-state index is 13.1. The molecule has 1 aliphatic heterocycles. The van der Waals surface area contributed by atoms with Crippen LogP contribution in [0.1, 0.15) is 48.7 Å². The number of nitrogens with zero attached hydrogens (tertiary/aromatic N) is 3. The minimum atomic E-state index is -4.60. The van der Waals surface area contributed by atoms with Crippen molar-refractivity contribution in [3.63, 3.8) is 0 Å². The van der Waals surface area contributed by atoms with Crippen molar-refractivity contribution < 1.29 is 37.0 Å². The first-order chi connectivity index (χ1) is 17.5. The molecule has 0 saturated carbocycles. The van der Waals surface area contributed by atoms with Crippen molar-refractivity contribution in [2.75, 3.05) is 30.0 Å². The second-order valence-corrected chi connectivity index (χ2v) is 8.61. The molecule has 1 fully saturated rings. The second-order valence-electron chi connectivity index (χ2n) is 8.61.